The molecule has 0 saturated carbocycles. The summed E-state index contributed by atoms with van der Waals surface area (Å²) < 4.78 is 0. The van der Waals surface area contributed by atoms with Crippen LogP contribution in [0.15, 0.2) is 35.5 Å². The van der Waals surface area contributed by atoms with Crippen molar-refractivity contribution < 1.29 is 4.79 Å². The van der Waals surface area contributed by atoms with Crippen LogP contribution in [0.3, 0.4) is 0 Å². The molecule has 0 aromatic carbocycles. The molecule has 0 heterocycles. The summed E-state index contributed by atoms with van der Waals surface area (Å²) >= 11 is 10.6. The zero-order chi connectivity index (χ0) is 9.02. The van der Waals surface area contributed by atoms with Crippen molar-refractivity contribution >= 4 is 28.4 Å². The van der Waals surface area contributed by atoms with Gasteiger partial charge in [-0.1, -0.05) is 24.8 Å². The average Bonchev–Trinajstić information content (AvgIpc) is 1.81. The zero-order valence-corrected chi connectivity index (χ0v) is 7.24. The second-order valence-corrected chi connectivity index (χ2v) is 2.61. The summed E-state index contributed by atoms with van der Waals surface area (Å²) in [5, 5.41) is -0.645. The van der Waals surface area contributed by atoms with Gasteiger partial charge in [-0.2, -0.15) is 0 Å². The first-order chi connectivity index (χ1) is 4.95. The minimum atomic E-state index is -0.698. The molecule has 0 aromatic rings. The van der Waals surface area contributed by atoms with E-state index in [4.69, 9.17) is 28.9 Å². The minimum Gasteiger partial charge on any atom is -0.399 e. The molecule has 4 heteroatoms. The van der Waals surface area contributed by atoms with E-state index in [2.05, 4.69) is 13.2 Å². The Balaban J connectivity index is 4.75. The SMILES string of the molecule is C=C(N)/C=C(\C(=C)Cl)C(=O)Cl. The lowest BCUT2D eigenvalue weighted by Crippen LogP contribution is -1.98. The van der Waals surface area contributed by atoms with Crippen LogP contribution in [0.4, 0.5) is 0 Å². The molecule has 0 aliphatic heterocycles. The summed E-state index contributed by atoms with van der Waals surface area (Å²) in [4.78, 5) is 10.6. The molecule has 0 bridgehead atoms. The van der Waals surface area contributed by atoms with Gasteiger partial charge in [-0.25, -0.2) is 0 Å². The van der Waals surface area contributed by atoms with Crippen molar-refractivity contribution in [3.63, 3.8) is 0 Å². The van der Waals surface area contributed by atoms with Crippen molar-refractivity contribution in [3.05, 3.63) is 35.5 Å². The third kappa shape index (κ3) is 3.86. The van der Waals surface area contributed by atoms with E-state index in [-0.39, 0.29) is 16.3 Å². The first-order valence-electron chi connectivity index (χ1n) is 2.66. The Morgan fingerprint density at radius 3 is 1.91 bits per heavy atom. The fraction of sp³-hybridized carbons (Fsp3) is 0. The van der Waals surface area contributed by atoms with E-state index in [0.29, 0.717) is 0 Å². The molecule has 0 unspecified atom stereocenters. The van der Waals surface area contributed by atoms with Gasteiger partial charge in [-0.15, -0.1) is 0 Å². The Kier molecular flexibility index (Phi) is 3.93. The summed E-state index contributed by atoms with van der Waals surface area (Å²) in [7, 11) is 0. The Bertz CT molecular complexity index is 227. The molecule has 0 spiro atoms. The third-order valence-electron chi connectivity index (χ3n) is 0.834. The zero-order valence-electron chi connectivity index (χ0n) is 5.73. The van der Waals surface area contributed by atoms with Gasteiger partial charge in [0, 0.05) is 10.7 Å². The predicted molar refractivity (Wildman–Crippen MR) is 47.3 cm³/mol. The second kappa shape index (κ2) is 4.21. The molecule has 2 nitrogen and oxygen atoms in total. The smallest absolute Gasteiger partial charge is 0.253 e. The quantitative estimate of drug-likeness (QED) is 0.421. The molecule has 0 aliphatic carbocycles. The number of nitrogens with two attached hydrogens (primary N) is 1. The summed E-state index contributed by atoms with van der Waals surface area (Å²) in [5.74, 6) is 0. The van der Waals surface area contributed by atoms with Gasteiger partial charge < -0.3 is 5.73 Å². The molecule has 0 atom stereocenters. The van der Waals surface area contributed by atoms with Gasteiger partial charge in [-0.3, -0.25) is 4.79 Å². The van der Waals surface area contributed by atoms with Gasteiger partial charge in [0.05, 0.1) is 5.57 Å². The second-order valence-electron chi connectivity index (χ2n) is 1.81. The normalized spacial score (nSPS) is 10.9. The van der Waals surface area contributed by atoms with Crippen LogP contribution >= 0.6 is 23.2 Å². The van der Waals surface area contributed by atoms with Crippen molar-refractivity contribution in [1.82, 2.24) is 0 Å². The van der Waals surface area contributed by atoms with Crippen molar-refractivity contribution in [2.45, 2.75) is 0 Å². The van der Waals surface area contributed by atoms with Gasteiger partial charge in [0.2, 0.25) is 0 Å². The molecule has 11 heavy (non-hydrogen) atoms. The summed E-state index contributed by atoms with van der Waals surface area (Å²) in [5.41, 5.74) is 5.46. The number of halogens is 2. The summed E-state index contributed by atoms with van der Waals surface area (Å²) in [6, 6.07) is 0. The molecular weight excluding hydrogens is 185 g/mol. The first-order valence-corrected chi connectivity index (χ1v) is 3.41. The molecule has 2 N–H and O–H groups in total. The van der Waals surface area contributed by atoms with E-state index < -0.39 is 5.24 Å². The van der Waals surface area contributed by atoms with Crippen LogP contribution in [0.5, 0.6) is 0 Å². The standard InChI is InChI=1S/C7H7Cl2NO/c1-4(10)3-6(5(2)8)7(9)11/h3H,1-2,10H2/b6-3+. The van der Waals surface area contributed by atoms with Gasteiger partial charge >= 0.3 is 0 Å². The molecule has 0 aliphatic rings. The van der Waals surface area contributed by atoms with E-state index in [1.807, 2.05) is 0 Å². The van der Waals surface area contributed by atoms with Crippen LogP contribution in [-0.2, 0) is 4.79 Å². The number of hydrogen-bond acceptors (Lipinski definition) is 2. The summed E-state index contributed by atoms with van der Waals surface area (Å²) in [6.07, 6.45) is 1.27. The van der Waals surface area contributed by atoms with Crippen LogP contribution in [0.1, 0.15) is 0 Å². The van der Waals surface area contributed by atoms with Crippen LogP contribution in [0, 0.1) is 0 Å². The molecular formula is C7H7Cl2NO. The van der Waals surface area contributed by atoms with Crippen molar-refractivity contribution in [2.75, 3.05) is 0 Å². The maximum atomic E-state index is 10.6. The average molecular weight is 192 g/mol. The Hall–Kier alpha value is -0.730. The van der Waals surface area contributed by atoms with Crippen LogP contribution in [-0.4, -0.2) is 5.24 Å². The lowest BCUT2D eigenvalue weighted by atomic mass is 10.2. The highest BCUT2D eigenvalue weighted by atomic mass is 35.5. The first kappa shape index (κ1) is 10.3. The van der Waals surface area contributed by atoms with Crippen molar-refractivity contribution in [3.8, 4) is 0 Å². The number of hydrogen-bond donors (Lipinski definition) is 1. The van der Waals surface area contributed by atoms with Gasteiger partial charge in [0.25, 0.3) is 5.24 Å². The van der Waals surface area contributed by atoms with Crippen LogP contribution < -0.4 is 5.73 Å². The molecule has 0 amide bonds. The fourth-order valence-electron chi connectivity index (χ4n) is 0.427. The van der Waals surface area contributed by atoms with E-state index in [0.717, 1.165) is 0 Å². The van der Waals surface area contributed by atoms with Gasteiger partial charge in [0.1, 0.15) is 0 Å². The largest absolute Gasteiger partial charge is 0.399 e. The van der Waals surface area contributed by atoms with E-state index in [1.165, 1.54) is 6.08 Å². The third-order valence-corrected chi connectivity index (χ3v) is 1.24. The Morgan fingerprint density at radius 1 is 1.36 bits per heavy atom. The molecule has 0 rings (SSSR count). The topological polar surface area (TPSA) is 43.1 Å². The minimum absolute atomic E-state index is 0.0524. The number of rotatable bonds is 3. The number of carbonyl (C=O) groups is 1. The monoisotopic (exact) mass is 191 g/mol. The number of carbonyl (C=O) groups excluding carboxylic acids is 1. The van der Waals surface area contributed by atoms with Gasteiger partial charge in [0.15, 0.2) is 0 Å². The Morgan fingerprint density at radius 2 is 1.82 bits per heavy atom. The fourth-order valence-corrected chi connectivity index (χ4v) is 0.784. The van der Waals surface area contributed by atoms with E-state index >= 15 is 0 Å². The predicted octanol–water partition coefficient (Wildman–Crippen LogP) is 1.90. The lowest BCUT2D eigenvalue weighted by molar-refractivity contribution is -0.108. The Labute approximate surface area is 75.0 Å². The maximum absolute atomic E-state index is 10.6. The molecule has 0 saturated heterocycles. The number of allylic oxidation sites excluding steroid dienone is 3. The van der Waals surface area contributed by atoms with Crippen LogP contribution in [0.25, 0.3) is 0 Å². The van der Waals surface area contributed by atoms with Crippen molar-refractivity contribution in [2.24, 2.45) is 5.73 Å². The molecule has 0 fully saturated rings. The molecule has 0 aromatic heterocycles. The highest BCUT2D eigenvalue weighted by Crippen LogP contribution is 2.15. The highest BCUT2D eigenvalue weighted by Gasteiger charge is 2.07. The highest BCUT2D eigenvalue weighted by molar-refractivity contribution is 6.69. The van der Waals surface area contributed by atoms with Gasteiger partial charge in [-0.05, 0) is 17.7 Å². The van der Waals surface area contributed by atoms with Crippen LogP contribution in [0.2, 0.25) is 0 Å². The lowest BCUT2D eigenvalue weighted by Gasteiger charge is -1.97. The van der Waals surface area contributed by atoms with E-state index in [9.17, 15) is 4.79 Å². The summed E-state index contributed by atoms with van der Waals surface area (Å²) in [6.45, 7) is 6.68. The maximum Gasteiger partial charge on any atom is 0.253 e. The molecule has 0 radical (unpaired) electrons. The van der Waals surface area contributed by atoms with E-state index in [1.54, 1.807) is 0 Å². The molecule has 60 valence electrons. The van der Waals surface area contributed by atoms with Crippen molar-refractivity contribution in [1.29, 1.82) is 0 Å².